The van der Waals surface area contributed by atoms with E-state index < -0.39 is 17.6 Å². The number of nitrogen functional groups attached to an aromatic ring is 1. The number of halogens is 3. The van der Waals surface area contributed by atoms with E-state index in [2.05, 4.69) is 5.43 Å². The summed E-state index contributed by atoms with van der Waals surface area (Å²) in [5.74, 6) is 5.16. The molecule has 0 saturated carbocycles. The van der Waals surface area contributed by atoms with Gasteiger partial charge in [-0.15, -0.1) is 0 Å². The lowest BCUT2D eigenvalue weighted by Crippen LogP contribution is -2.38. The third-order valence-corrected chi connectivity index (χ3v) is 2.91. The number of anilines is 1. The fourth-order valence-corrected chi connectivity index (χ4v) is 1.83. The van der Waals surface area contributed by atoms with Crippen LogP contribution in [0, 0.1) is 10.1 Å². The van der Waals surface area contributed by atoms with Crippen LogP contribution in [-0.4, -0.2) is 28.6 Å². The maximum absolute atomic E-state index is 12.5. The Morgan fingerprint density at radius 1 is 1.43 bits per heavy atom. The van der Waals surface area contributed by atoms with E-state index in [0.29, 0.717) is 5.56 Å². The predicted molar refractivity (Wildman–Crippen MR) is 72.5 cm³/mol. The van der Waals surface area contributed by atoms with Crippen molar-refractivity contribution in [3.63, 3.8) is 0 Å². The van der Waals surface area contributed by atoms with Gasteiger partial charge >= 0.3 is 6.18 Å². The fourth-order valence-electron chi connectivity index (χ4n) is 1.83. The van der Waals surface area contributed by atoms with Gasteiger partial charge in [-0.3, -0.25) is 20.9 Å². The van der Waals surface area contributed by atoms with Crippen LogP contribution in [0.4, 0.5) is 24.5 Å². The van der Waals surface area contributed by atoms with Gasteiger partial charge in [-0.2, -0.15) is 13.2 Å². The molecule has 0 amide bonds. The lowest BCUT2D eigenvalue weighted by molar-refractivity contribution is -0.384. The number of nitrogens with one attached hydrogen (secondary N) is 1. The molecule has 0 radical (unpaired) electrons. The second kappa shape index (κ2) is 6.72. The molecular formula is C12H17F3N4O2. The second-order valence-corrected chi connectivity index (χ2v) is 4.87. The van der Waals surface area contributed by atoms with Crippen molar-refractivity contribution in [3.8, 4) is 0 Å². The molecule has 0 bridgehead atoms. The Morgan fingerprint density at radius 3 is 2.48 bits per heavy atom. The first-order chi connectivity index (χ1) is 9.64. The number of benzene rings is 1. The van der Waals surface area contributed by atoms with Gasteiger partial charge in [0.05, 0.1) is 11.5 Å². The lowest BCUT2D eigenvalue weighted by atomic mass is 10.1. The monoisotopic (exact) mass is 306 g/mol. The zero-order valence-corrected chi connectivity index (χ0v) is 11.6. The summed E-state index contributed by atoms with van der Waals surface area (Å²) >= 11 is 0. The van der Waals surface area contributed by atoms with Gasteiger partial charge in [0.15, 0.2) is 0 Å². The summed E-state index contributed by atoms with van der Waals surface area (Å²) in [6.07, 6.45) is -4.32. The number of hydrogen-bond acceptors (Lipinski definition) is 5. The van der Waals surface area contributed by atoms with Gasteiger partial charge in [0.1, 0.15) is 5.69 Å². The molecule has 0 heterocycles. The molecule has 0 aromatic heterocycles. The number of nitro groups is 1. The number of rotatable bonds is 6. The molecule has 0 aliphatic heterocycles. The predicted octanol–water partition coefficient (Wildman–Crippen LogP) is 2.65. The zero-order chi connectivity index (χ0) is 16.2. The maximum Gasteiger partial charge on any atom is 0.401 e. The van der Waals surface area contributed by atoms with Crippen molar-refractivity contribution in [1.29, 1.82) is 0 Å². The van der Waals surface area contributed by atoms with Crippen molar-refractivity contribution < 1.29 is 18.1 Å². The second-order valence-electron chi connectivity index (χ2n) is 4.87. The first-order valence-corrected chi connectivity index (χ1v) is 6.18. The van der Waals surface area contributed by atoms with Crippen LogP contribution in [0.25, 0.3) is 0 Å². The SMILES string of the molecule is CC(C)N(Cc1ccc(NN)c([N+](=O)[O-])c1)CC(F)(F)F. The third kappa shape index (κ3) is 5.20. The van der Waals surface area contributed by atoms with Crippen molar-refractivity contribution in [2.24, 2.45) is 5.84 Å². The highest BCUT2D eigenvalue weighted by atomic mass is 19.4. The molecule has 1 aromatic carbocycles. The molecule has 0 atom stereocenters. The van der Waals surface area contributed by atoms with E-state index in [4.69, 9.17) is 5.84 Å². The number of nitrogens with zero attached hydrogens (tertiary/aromatic N) is 2. The summed E-state index contributed by atoms with van der Waals surface area (Å²) in [6, 6.07) is 3.76. The quantitative estimate of drug-likeness (QED) is 0.479. The van der Waals surface area contributed by atoms with Gasteiger partial charge in [0.2, 0.25) is 0 Å². The smallest absolute Gasteiger partial charge is 0.318 e. The minimum Gasteiger partial charge on any atom is -0.318 e. The average molecular weight is 306 g/mol. The van der Waals surface area contributed by atoms with Crippen LogP contribution < -0.4 is 11.3 Å². The number of nitrogens with two attached hydrogens (primary N) is 1. The van der Waals surface area contributed by atoms with Crippen LogP contribution in [0.1, 0.15) is 19.4 Å². The van der Waals surface area contributed by atoms with Crippen molar-refractivity contribution in [2.45, 2.75) is 32.6 Å². The number of nitro benzene ring substituents is 1. The number of hydrazine groups is 1. The summed E-state index contributed by atoms with van der Waals surface area (Å²) in [5, 5.41) is 10.9. The Kier molecular flexibility index (Phi) is 5.50. The molecule has 9 heteroatoms. The Labute approximate surface area is 119 Å². The summed E-state index contributed by atoms with van der Waals surface area (Å²) < 4.78 is 37.6. The summed E-state index contributed by atoms with van der Waals surface area (Å²) in [6.45, 7) is 2.16. The van der Waals surface area contributed by atoms with E-state index in [1.807, 2.05) is 0 Å². The molecule has 21 heavy (non-hydrogen) atoms. The topological polar surface area (TPSA) is 84.4 Å². The molecule has 0 unspecified atom stereocenters. The van der Waals surface area contributed by atoms with Gasteiger partial charge in [0, 0.05) is 18.7 Å². The molecule has 0 fully saturated rings. The molecule has 3 N–H and O–H groups in total. The molecule has 0 saturated heterocycles. The maximum atomic E-state index is 12.5. The van der Waals surface area contributed by atoms with E-state index in [1.165, 1.54) is 23.1 Å². The summed E-state index contributed by atoms with van der Waals surface area (Å²) in [5.41, 5.74) is 2.43. The summed E-state index contributed by atoms with van der Waals surface area (Å²) in [4.78, 5) is 11.5. The van der Waals surface area contributed by atoms with Crippen LogP contribution in [0.5, 0.6) is 0 Å². The van der Waals surface area contributed by atoms with Gasteiger partial charge in [-0.05, 0) is 25.5 Å². The fraction of sp³-hybridized carbons (Fsp3) is 0.500. The first kappa shape index (κ1) is 17.2. The van der Waals surface area contributed by atoms with E-state index >= 15 is 0 Å². The van der Waals surface area contributed by atoms with Gasteiger partial charge in [-0.1, -0.05) is 6.07 Å². The normalized spacial score (nSPS) is 12.0. The number of hydrogen-bond donors (Lipinski definition) is 2. The average Bonchev–Trinajstić information content (AvgIpc) is 2.36. The Hall–Kier alpha value is -1.87. The Morgan fingerprint density at radius 2 is 2.05 bits per heavy atom. The molecule has 1 aromatic rings. The van der Waals surface area contributed by atoms with E-state index in [0.717, 1.165) is 0 Å². The van der Waals surface area contributed by atoms with E-state index in [9.17, 15) is 23.3 Å². The third-order valence-electron chi connectivity index (χ3n) is 2.91. The minimum absolute atomic E-state index is 0.0388. The molecule has 6 nitrogen and oxygen atoms in total. The molecule has 0 aliphatic carbocycles. The van der Waals surface area contributed by atoms with Gasteiger partial charge in [-0.25, -0.2) is 0 Å². The van der Waals surface area contributed by atoms with Crippen molar-refractivity contribution in [1.82, 2.24) is 4.90 Å². The molecule has 0 spiro atoms. The molecular weight excluding hydrogens is 289 g/mol. The van der Waals surface area contributed by atoms with Crippen LogP contribution in [0.2, 0.25) is 0 Å². The highest BCUT2D eigenvalue weighted by Crippen LogP contribution is 2.26. The molecule has 0 aliphatic rings. The summed E-state index contributed by atoms with van der Waals surface area (Å²) in [7, 11) is 0. The Bertz CT molecular complexity index is 506. The van der Waals surface area contributed by atoms with Crippen molar-refractivity contribution in [3.05, 3.63) is 33.9 Å². The zero-order valence-electron chi connectivity index (χ0n) is 11.6. The van der Waals surface area contributed by atoms with Crippen LogP contribution >= 0.6 is 0 Å². The van der Waals surface area contributed by atoms with Crippen molar-refractivity contribution in [2.75, 3.05) is 12.0 Å². The first-order valence-electron chi connectivity index (χ1n) is 6.18. The van der Waals surface area contributed by atoms with Crippen LogP contribution in [0.15, 0.2) is 18.2 Å². The molecule has 1 rings (SSSR count). The van der Waals surface area contributed by atoms with Crippen LogP contribution in [-0.2, 0) is 6.54 Å². The van der Waals surface area contributed by atoms with Crippen molar-refractivity contribution >= 4 is 11.4 Å². The minimum atomic E-state index is -4.32. The van der Waals surface area contributed by atoms with Gasteiger partial charge in [0.25, 0.3) is 5.69 Å². The highest BCUT2D eigenvalue weighted by Gasteiger charge is 2.32. The van der Waals surface area contributed by atoms with Gasteiger partial charge < -0.3 is 5.43 Å². The Balaban J connectivity index is 2.99. The number of alkyl halides is 3. The largest absolute Gasteiger partial charge is 0.401 e. The standard InChI is InChI=1S/C12H17F3N4O2/c1-8(2)18(7-12(13,14)15)6-9-3-4-10(17-16)11(5-9)19(20)21/h3-5,8,17H,6-7,16H2,1-2H3. The van der Waals surface area contributed by atoms with Crippen LogP contribution in [0.3, 0.4) is 0 Å². The highest BCUT2D eigenvalue weighted by molar-refractivity contribution is 5.61. The molecule has 118 valence electrons. The van der Waals surface area contributed by atoms with E-state index in [-0.39, 0.29) is 24.0 Å². The van der Waals surface area contributed by atoms with E-state index in [1.54, 1.807) is 13.8 Å². The lowest BCUT2D eigenvalue weighted by Gasteiger charge is -2.27.